The van der Waals surface area contributed by atoms with Crippen LogP contribution in [0.15, 0.2) is 23.1 Å². The van der Waals surface area contributed by atoms with Crippen LogP contribution in [0, 0.1) is 5.82 Å². The van der Waals surface area contributed by atoms with Crippen LogP contribution in [0.3, 0.4) is 0 Å². The van der Waals surface area contributed by atoms with Crippen LogP contribution >= 0.6 is 0 Å². The van der Waals surface area contributed by atoms with Crippen LogP contribution in [0.5, 0.6) is 0 Å². The summed E-state index contributed by atoms with van der Waals surface area (Å²) in [6.07, 6.45) is 0. The molecule has 0 saturated heterocycles. The zero-order valence-corrected chi connectivity index (χ0v) is 12.2. The van der Waals surface area contributed by atoms with E-state index in [1.54, 1.807) is 13.8 Å². The molecule has 8 heteroatoms. The van der Waals surface area contributed by atoms with Gasteiger partial charge >= 0.3 is 0 Å². The highest BCUT2D eigenvalue weighted by molar-refractivity contribution is 7.89. The summed E-state index contributed by atoms with van der Waals surface area (Å²) >= 11 is 0. The fraction of sp³-hybridized carbons (Fsp3) is 0.417. The minimum atomic E-state index is -3.97. The van der Waals surface area contributed by atoms with Crippen LogP contribution in [0.4, 0.5) is 10.1 Å². The summed E-state index contributed by atoms with van der Waals surface area (Å²) in [5.41, 5.74) is 5.40. The Hall–Kier alpha value is -1.67. The summed E-state index contributed by atoms with van der Waals surface area (Å²) in [6.45, 7) is 4.20. The van der Waals surface area contributed by atoms with Gasteiger partial charge in [0.1, 0.15) is 5.82 Å². The van der Waals surface area contributed by atoms with E-state index in [4.69, 9.17) is 5.73 Å². The van der Waals surface area contributed by atoms with E-state index in [1.165, 1.54) is 4.90 Å². The zero-order chi connectivity index (χ0) is 15.3. The van der Waals surface area contributed by atoms with Crippen molar-refractivity contribution >= 4 is 21.6 Å². The van der Waals surface area contributed by atoms with Gasteiger partial charge in [-0.1, -0.05) is 0 Å². The Morgan fingerprint density at radius 3 is 2.40 bits per heavy atom. The third kappa shape index (κ3) is 4.17. The summed E-state index contributed by atoms with van der Waals surface area (Å²) in [6, 6.07) is 2.99. The number of likely N-dealkylation sites (N-methyl/N-ethyl adjacent to an activating group) is 1. The maximum atomic E-state index is 13.1. The molecule has 1 aromatic carbocycles. The molecule has 0 aromatic heterocycles. The number of hydrogen-bond donors (Lipinski definition) is 2. The van der Waals surface area contributed by atoms with Crippen LogP contribution in [0.1, 0.15) is 13.8 Å². The van der Waals surface area contributed by atoms with E-state index < -0.39 is 15.8 Å². The van der Waals surface area contributed by atoms with Crippen LogP contribution in [-0.2, 0) is 14.8 Å². The van der Waals surface area contributed by atoms with Crippen molar-refractivity contribution in [1.82, 2.24) is 9.62 Å². The number of amides is 1. The van der Waals surface area contributed by atoms with Crippen LogP contribution in [0.2, 0.25) is 0 Å². The van der Waals surface area contributed by atoms with Crippen molar-refractivity contribution in [1.29, 1.82) is 0 Å². The third-order valence-electron chi connectivity index (χ3n) is 2.73. The lowest BCUT2D eigenvalue weighted by molar-refractivity contribution is -0.129. The molecule has 1 amide bonds. The standard InChI is InChI=1S/C12H18FN3O3S/c1-3-16(4-2)12(17)8-15-20(18,19)11-6-9(13)5-10(14)7-11/h5-7,15H,3-4,8,14H2,1-2H3. The number of sulfonamides is 1. The van der Waals surface area contributed by atoms with Crippen molar-refractivity contribution in [2.24, 2.45) is 0 Å². The molecule has 0 heterocycles. The summed E-state index contributed by atoms with van der Waals surface area (Å²) in [4.78, 5) is 12.9. The maximum absolute atomic E-state index is 13.1. The minimum Gasteiger partial charge on any atom is -0.399 e. The third-order valence-corrected chi connectivity index (χ3v) is 4.11. The maximum Gasteiger partial charge on any atom is 0.241 e. The average Bonchev–Trinajstić information content (AvgIpc) is 2.37. The van der Waals surface area contributed by atoms with E-state index >= 15 is 0 Å². The monoisotopic (exact) mass is 303 g/mol. The number of nitrogen functional groups attached to an aromatic ring is 1. The zero-order valence-electron chi connectivity index (χ0n) is 11.4. The number of anilines is 1. The summed E-state index contributed by atoms with van der Waals surface area (Å²) < 4.78 is 39.2. The van der Waals surface area contributed by atoms with Gasteiger partial charge in [0.2, 0.25) is 15.9 Å². The first-order chi connectivity index (χ1) is 9.30. The van der Waals surface area contributed by atoms with Crippen LogP contribution < -0.4 is 10.5 Å². The molecule has 1 aromatic rings. The molecule has 1 rings (SSSR count). The molecule has 0 saturated carbocycles. The number of nitrogens with two attached hydrogens (primary N) is 1. The molecule has 0 fully saturated rings. The molecule has 0 bridgehead atoms. The van der Waals surface area contributed by atoms with E-state index in [0.717, 1.165) is 18.2 Å². The first-order valence-electron chi connectivity index (χ1n) is 6.13. The number of benzene rings is 1. The second-order valence-corrected chi connectivity index (χ2v) is 5.88. The highest BCUT2D eigenvalue weighted by Gasteiger charge is 2.18. The predicted molar refractivity (Wildman–Crippen MR) is 73.9 cm³/mol. The van der Waals surface area contributed by atoms with Crippen molar-refractivity contribution in [2.45, 2.75) is 18.7 Å². The van der Waals surface area contributed by atoms with Gasteiger partial charge < -0.3 is 10.6 Å². The molecule has 0 spiro atoms. The normalized spacial score (nSPS) is 11.3. The number of halogens is 1. The molecule has 0 radical (unpaired) electrons. The number of carbonyl (C=O) groups excluding carboxylic acids is 1. The van der Waals surface area contributed by atoms with Gasteiger partial charge in [-0.3, -0.25) is 4.79 Å². The average molecular weight is 303 g/mol. The molecule has 0 unspecified atom stereocenters. The number of nitrogens with zero attached hydrogens (tertiary/aromatic N) is 1. The van der Waals surface area contributed by atoms with Gasteiger partial charge in [0.05, 0.1) is 11.4 Å². The Kier molecular flexibility index (Phi) is 5.46. The summed E-state index contributed by atoms with van der Waals surface area (Å²) in [7, 11) is -3.97. The Labute approximate surface area is 117 Å². The van der Waals surface area contributed by atoms with Crippen molar-refractivity contribution in [2.75, 3.05) is 25.4 Å². The topological polar surface area (TPSA) is 92.5 Å². The number of hydrogen-bond acceptors (Lipinski definition) is 4. The first-order valence-corrected chi connectivity index (χ1v) is 7.62. The number of carbonyl (C=O) groups is 1. The first kappa shape index (κ1) is 16.4. The molecule has 112 valence electrons. The minimum absolute atomic E-state index is 0.000412. The largest absolute Gasteiger partial charge is 0.399 e. The molecule has 20 heavy (non-hydrogen) atoms. The van der Waals surface area contributed by atoms with Crippen molar-refractivity contribution in [3.8, 4) is 0 Å². The molecule has 0 aliphatic carbocycles. The van der Waals surface area contributed by atoms with Crippen molar-refractivity contribution in [3.63, 3.8) is 0 Å². The van der Waals surface area contributed by atoms with Gasteiger partial charge in [0, 0.05) is 18.8 Å². The van der Waals surface area contributed by atoms with E-state index in [-0.39, 0.29) is 23.0 Å². The lowest BCUT2D eigenvalue weighted by Crippen LogP contribution is -2.39. The van der Waals surface area contributed by atoms with Crippen LogP contribution in [0.25, 0.3) is 0 Å². The lowest BCUT2D eigenvalue weighted by Gasteiger charge is -2.18. The molecular formula is C12H18FN3O3S. The Bertz CT molecular complexity index is 565. The summed E-state index contributed by atoms with van der Waals surface area (Å²) in [5.74, 6) is -1.09. The molecular weight excluding hydrogens is 285 g/mol. The van der Waals surface area contributed by atoms with Crippen LogP contribution in [-0.4, -0.2) is 38.9 Å². The molecule has 0 aliphatic rings. The smallest absolute Gasteiger partial charge is 0.241 e. The number of nitrogens with one attached hydrogen (secondary N) is 1. The van der Waals surface area contributed by atoms with Gasteiger partial charge in [-0.05, 0) is 32.0 Å². The lowest BCUT2D eigenvalue weighted by atomic mass is 10.3. The number of rotatable bonds is 6. The molecule has 6 nitrogen and oxygen atoms in total. The molecule has 0 aliphatic heterocycles. The van der Waals surface area contributed by atoms with E-state index in [0.29, 0.717) is 13.1 Å². The van der Waals surface area contributed by atoms with E-state index in [9.17, 15) is 17.6 Å². The Morgan fingerprint density at radius 1 is 1.30 bits per heavy atom. The Balaban J connectivity index is 2.83. The van der Waals surface area contributed by atoms with Gasteiger partial charge in [-0.15, -0.1) is 0 Å². The fourth-order valence-corrected chi connectivity index (χ4v) is 2.71. The SMILES string of the molecule is CCN(CC)C(=O)CNS(=O)(=O)c1cc(N)cc(F)c1. The van der Waals surface area contributed by atoms with Gasteiger partial charge in [0.15, 0.2) is 0 Å². The van der Waals surface area contributed by atoms with Crippen molar-refractivity contribution in [3.05, 3.63) is 24.0 Å². The summed E-state index contributed by atoms with van der Waals surface area (Å²) in [5, 5.41) is 0. The van der Waals surface area contributed by atoms with E-state index in [2.05, 4.69) is 4.72 Å². The molecule has 3 N–H and O–H groups in total. The predicted octanol–water partition coefficient (Wildman–Crippen LogP) is 0.555. The highest BCUT2D eigenvalue weighted by Crippen LogP contribution is 2.15. The highest BCUT2D eigenvalue weighted by atomic mass is 32.2. The second-order valence-electron chi connectivity index (χ2n) is 4.11. The quantitative estimate of drug-likeness (QED) is 0.751. The Morgan fingerprint density at radius 2 is 1.90 bits per heavy atom. The van der Waals surface area contributed by atoms with Gasteiger partial charge in [-0.2, -0.15) is 0 Å². The van der Waals surface area contributed by atoms with Gasteiger partial charge in [-0.25, -0.2) is 17.5 Å². The van der Waals surface area contributed by atoms with Crippen molar-refractivity contribution < 1.29 is 17.6 Å². The van der Waals surface area contributed by atoms with E-state index in [1.807, 2.05) is 0 Å². The second kappa shape index (κ2) is 6.67. The fourth-order valence-electron chi connectivity index (χ4n) is 1.67. The van der Waals surface area contributed by atoms with Gasteiger partial charge in [0.25, 0.3) is 0 Å². The molecule has 0 atom stereocenters.